The lowest BCUT2D eigenvalue weighted by Crippen LogP contribution is -2.02. The Kier molecular flexibility index (Phi) is 3.25. The number of hydrogen-bond donors (Lipinski definition) is 2. The molecule has 0 aliphatic carbocycles. The SMILES string of the molecule is COc1nc(-c2ccc(O)cc2)ccc1CN. The first-order valence-corrected chi connectivity index (χ1v) is 5.28. The minimum Gasteiger partial charge on any atom is -0.508 e. The number of ether oxygens (including phenoxy) is 1. The van der Waals surface area contributed by atoms with Crippen LogP contribution in [-0.4, -0.2) is 17.2 Å². The molecule has 3 N–H and O–H groups in total. The Labute approximate surface area is 99.7 Å². The minimum atomic E-state index is 0.235. The summed E-state index contributed by atoms with van der Waals surface area (Å²) < 4.78 is 5.18. The number of aromatic nitrogens is 1. The third-order valence-corrected chi connectivity index (χ3v) is 2.52. The minimum absolute atomic E-state index is 0.235. The van der Waals surface area contributed by atoms with Crippen LogP contribution in [0.2, 0.25) is 0 Å². The summed E-state index contributed by atoms with van der Waals surface area (Å²) in [6, 6.07) is 10.6. The summed E-state index contributed by atoms with van der Waals surface area (Å²) >= 11 is 0. The van der Waals surface area contributed by atoms with Gasteiger partial charge in [-0.05, 0) is 30.3 Å². The molecule has 1 aromatic carbocycles. The lowest BCUT2D eigenvalue weighted by Gasteiger charge is -2.08. The molecule has 0 radical (unpaired) electrons. The molecule has 0 bridgehead atoms. The van der Waals surface area contributed by atoms with E-state index < -0.39 is 0 Å². The molecule has 0 fully saturated rings. The monoisotopic (exact) mass is 230 g/mol. The lowest BCUT2D eigenvalue weighted by atomic mass is 10.1. The summed E-state index contributed by atoms with van der Waals surface area (Å²) in [5.74, 6) is 0.775. The number of pyridine rings is 1. The van der Waals surface area contributed by atoms with Gasteiger partial charge in [0.2, 0.25) is 5.88 Å². The van der Waals surface area contributed by atoms with E-state index in [4.69, 9.17) is 10.5 Å². The first-order valence-electron chi connectivity index (χ1n) is 5.28. The van der Waals surface area contributed by atoms with E-state index in [2.05, 4.69) is 4.98 Å². The maximum absolute atomic E-state index is 9.22. The van der Waals surface area contributed by atoms with E-state index in [9.17, 15) is 5.11 Å². The largest absolute Gasteiger partial charge is 0.508 e. The van der Waals surface area contributed by atoms with Gasteiger partial charge in [0.05, 0.1) is 12.8 Å². The van der Waals surface area contributed by atoms with E-state index in [0.717, 1.165) is 16.8 Å². The summed E-state index contributed by atoms with van der Waals surface area (Å²) in [7, 11) is 1.57. The maximum Gasteiger partial charge on any atom is 0.218 e. The highest BCUT2D eigenvalue weighted by Gasteiger charge is 2.06. The van der Waals surface area contributed by atoms with Gasteiger partial charge < -0.3 is 15.6 Å². The number of phenolic OH excluding ortho intramolecular Hbond substituents is 1. The van der Waals surface area contributed by atoms with Gasteiger partial charge >= 0.3 is 0 Å². The molecule has 2 rings (SSSR count). The number of nitrogens with zero attached hydrogens (tertiary/aromatic N) is 1. The standard InChI is InChI=1S/C13H14N2O2/c1-17-13-10(8-14)4-7-12(15-13)9-2-5-11(16)6-3-9/h2-7,16H,8,14H2,1H3. The van der Waals surface area contributed by atoms with E-state index in [1.54, 1.807) is 31.4 Å². The molecule has 88 valence electrons. The Morgan fingerprint density at radius 2 is 1.88 bits per heavy atom. The van der Waals surface area contributed by atoms with Crippen LogP contribution in [-0.2, 0) is 6.54 Å². The van der Waals surface area contributed by atoms with Gasteiger partial charge in [-0.2, -0.15) is 0 Å². The van der Waals surface area contributed by atoms with E-state index >= 15 is 0 Å². The fourth-order valence-electron chi connectivity index (χ4n) is 1.59. The van der Waals surface area contributed by atoms with Crippen molar-refractivity contribution in [3.8, 4) is 22.9 Å². The molecule has 0 aliphatic heterocycles. The molecule has 2 aromatic rings. The molecule has 0 amide bonds. The Bertz CT molecular complexity index is 509. The molecule has 0 unspecified atom stereocenters. The molecule has 4 heteroatoms. The Balaban J connectivity index is 2.42. The zero-order valence-electron chi connectivity index (χ0n) is 9.55. The van der Waals surface area contributed by atoms with Crippen molar-refractivity contribution in [2.75, 3.05) is 7.11 Å². The number of phenols is 1. The Morgan fingerprint density at radius 3 is 2.47 bits per heavy atom. The van der Waals surface area contributed by atoms with Gasteiger partial charge in [-0.1, -0.05) is 6.07 Å². The Morgan fingerprint density at radius 1 is 1.18 bits per heavy atom. The molecule has 0 saturated carbocycles. The summed E-state index contributed by atoms with van der Waals surface area (Å²) in [5, 5.41) is 9.22. The van der Waals surface area contributed by atoms with Crippen LogP contribution in [0.3, 0.4) is 0 Å². The van der Waals surface area contributed by atoms with Crippen LogP contribution in [0, 0.1) is 0 Å². The summed E-state index contributed by atoms with van der Waals surface area (Å²) in [5.41, 5.74) is 8.16. The van der Waals surface area contributed by atoms with Gasteiger partial charge in [0.25, 0.3) is 0 Å². The number of benzene rings is 1. The third-order valence-electron chi connectivity index (χ3n) is 2.52. The summed E-state index contributed by atoms with van der Waals surface area (Å²) in [6.45, 7) is 0.395. The topological polar surface area (TPSA) is 68.4 Å². The molecule has 1 aromatic heterocycles. The summed E-state index contributed by atoms with van der Waals surface area (Å²) in [4.78, 5) is 4.38. The number of aromatic hydroxyl groups is 1. The van der Waals surface area contributed by atoms with Crippen LogP contribution < -0.4 is 10.5 Å². The van der Waals surface area contributed by atoms with E-state index in [1.165, 1.54) is 0 Å². The highest BCUT2D eigenvalue weighted by molar-refractivity contribution is 5.61. The number of methoxy groups -OCH3 is 1. The van der Waals surface area contributed by atoms with Crippen molar-refractivity contribution in [1.82, 2.24) is 4.98 Å². The van der Waals surface area contributed by atoms with Gasteiger partial charge in [0, 0.05) is 17.7 Å². The van der Waals surface area contributed by atoms with Crippen molar-refractivity contribution in [3.63, 3.8) is 0 Å². The van der Waals surface area contributed by atoms with Crippen molar-refractivity contribution in [3.05, 3.63) is 42.0 Å². The average molecular weight is 230 g/mol. The predicted octanol–water partition coefficient (Wildman–Crippen LogP) is 1.92. The van der Waals surface area contributed by atoms with E-state index in [1.807, 2.05) is 12.1 Å². The van der Waals surface area contributed by atoms with E-state index in [0.29, 0.717) is 12.4 Å². The summed E-state index contributed by atoms with van der Waals surface area (Å²) in [6.07, 6.45) is 0. The zero-order valence-corrected chi connectivity index (χ0v) is 9.55. The fourth-order valence-corrected chi connectivity index (χ4v) is 1.59. The van der Waals surface area contributed by atoms with Crippen LogP contribution >= 0.6 is 0 Å². The van der Waals surface area contributed by atoms with Gasteiger partial charge in [-0.25, -0.2) is 4.98 Å². The maximum atomic E-state index is 9.22. The number of rotatable bonds is 3. The van der Waals surface area contributed by atoms with Crippen molar-refractivity contribution in [2.24, 2.45) is 5.73 Å². The van der Waals surface area contributed by atoms with Gasteiger partial charge in [-0.15, -0.1) is 0 Å². The van der Waals surface area contributed by atoms with Gasteiger partial charge in [-0.3, -0.25) is 0 Å². The Hall–Kier alpha value is -2.07. The van der Waals surface area contributed by atoms with Crippen molar-refractivity contribution in [2.45, 2.75) is 6.54 Å². The molecular formula is C13H14N2O2. The van der Waals surface area contributed by atoms with Crippen LogP contribution in [0.15, 0.2) is 36.4 Å². The number of hydrogen-bond acceptors (Lipinski definition) is 4. The smallest absolute Gasteiger partial charge is 0.218 e. The second-order valence-corrected chi connectivity index (χ2v) is 3.62. The van der Waals surface area contributed by atoms with Crippen LogP contribution in [0.1, 0.15) is 5.56 Å². The predicted molar refractivity (Wildman–Crippen MR) is 65.8 cm³/mol. The molecule has 0 spiro atoms. The molecule has 1 heterocycles. The first kappa shape index (κ1) is 11.4. The molecule has 0 atom stereocenters. The van der Waals surface area contributed by atoms with Gasteiger partial charge in [0.1, 0.15) is 5.75 Å². The molecule has 0 saturated heterocycles. The van der Waals surface area contributed by atoms with E-state index in [-0.39, 0.29) is 5.75 Å². The molecule has 0 aliphatic rings. The fraction of sp³-hybridized carbons (Fsp3) is 0.154. The zero-order chi connectivity index (χ0) is 12.3. The average Bonchev–Trinajstić information content (AvgIpc) is 2.39. The highest BCUT2D eigenvalue weighted by atomic mass is 16.5. The third kappa shape index (κ3) is 2.37. The van der Waals surface area contributed by atoms with Crippen LogP contribution in [0.5, 0.6) is 11.6 Å². The van der Waals surface area contributed by atoms with Gasteiger partial charge in [0.15, 0.2) is 0 Å². The lowest BCUT2D eigenvalue weighted by molar-refractivity contribution is 0.393. The molecular weight excluding hydrogens is 216 g/mol. The second kappa shape index (κ2) is 4.84. The molecule has 17 heavy (non-hydrogen) atoms. The van der Waals surface area contributed by atoms with Crippen molar-refractivity contribution >= 4 is 0 Å². The quantitative estimate of drug-likeness (QED) is 0.845. The second-order valence-electron chi connectivity index (χ2n) is 3.62. The number of nitrogens with two attached hydrogens (primary N) is 1. The van der Waals surface area contributed by atoms with Crippen molar-refractivity contribution < 1.29 is 9.84 Å². The first-order chi connectivity index (χ1) is 8.24. The molecule has 4 nitrogen and oxygen atoms in total. The van der Waals surface area contributed by atoms with Crippen molar-refractivity contribution in [1.29, 1.82) is 0 Å². The van der Waals surface area contributed by atoms with Crippen LogP contribution in [0.4, 0.5) is 0 Å². The normalized spacial score (nSPS) is 10.2. The highest BCUT2D eigenvalue weighted by Crippen LogP contribution is 2.24. The van der Waals surface area contributed by atoms with Crippen LogP contribution in [0.25, 0.3) is 11.3 Å².